The number of ether oxygens (including phenoxy) is 1. The molecular weight excluding hydrogens is 242 g/mol. The Hall–Kier alpha value is -2.49. The Balaban J connectivity index is 2.19. The molecule has 94 valence electrons. The SMILES string of the molecule is CC(=O)OC1C(=O)C=Cc2nc3ccccc3cc21. The second-order valence-electron chi connectivity index (χ2n) is 4.38. The van der Waals surface area contributed by atoms with Gasteiger partial charge in [0.15, 0.2) is 6.10 Å². The highest BCUT2D eigenvalue weighted by Crippen LogP contribution is 2.30. The van der Waals surface area contributed by atoms with Crippen LogP contribution >= 0.6 is 0 Å². The zero-order chi connectivity index (χ0) is 13.4. The van der Waals surface area contributed by atoms with Crippen molar-refractivity contribution in [1.82, 2.24) is 4.98 Å². The first-order valence-corrected chi connectivity index (χ1v) is 5.94. The predicted molar refractivity (Wildman–Crippen MR) is 70.3 cm³/mol. The van der Waals surface area contributed by atoms with Gasteiger partial charge in [0.25, 0.3) is 0 Å². The van der Waals surface area contributed by atoms with E-state index in [1.165, 1.54) is 13.0 Å². The van der Waals surface area contributed by atoms with Gasteiger partial charge in [-0.1, -0.05) is 18.2 Å². The molecule has 4 heteroatoms. The summed E-state index contributed by atoms with van der Waals surface area (Å²) >= 11 is 0. The van der Waals surface area contributed by atoms with Gasteiger partial charge >= 0.3 is 5.97 Å². The van der Waals surface area contributed by atoms with E-state index in [2.05, 4.69) is 4.98 Å². The lowest BCUT2D eigenvalue weighted by molar-refractivity contribution is -0.152. The molecule has 19 heavy (non-hydrogen) atoms. The minimum atomic E-state index is -0.880. The van der Waals surface area contributed by atoms with E-state index in [0.29, 0.717) is 11.3 Å². The molecule has 0 aliphatic heterocycles. The Labute approximate surface area is 109 Å². The number of nitrogens with zero attached hydrogens (tertiary/aromatic N) is 1. The van der Waals surface area contributed by atoms with Gasteiger partial charge in [0.2, 0.25) is 5.78 Å². The highest BCUT2D eigenvalue weighted by molar-refractivity contribution is 6.02. The maximum atomic E-state index is 11.8. The number of ketones is 1. The second-order valence-corrected chi connectivity index (χ2v) is 4.38. The number of esters is 1. The van der Waals surface area contributed by atoms with Crippen LogP contribution in [0.4, 0.5) is 0 Å². The lowest BCUT2D eigenvalue weighted by Crippen LogP contribution is -2.20. The molecule has 1 aromatic heterocycles. The third-order valence-electron chi connectivity index (χ3n) is 3.01. The molecule has 4 nitrogen and oxygen atoms in total. The van der Waals surface area contributed by atoms with E-state index in [1.54, 1.807) is 6.08 Å². The summed E-state index contributed by atoms with van der Waals surface area (Å²) in [5, 5.41) is 0.918. The number of hydrogen-bond donors (Lipinski definition) is 0. The van der Waals surface area contributed by atoms with E-state index in [0.717, 1.165) is 10.9 Å². The molecule has 3 rings (SSSR count). The number of fused-ring (bicyclic) bond motifs is 2. The van der Waals surface area contributed by atoms with E-state index in [1.807, 2.05) is 30.3 Å². The van der Waals surface area contributed by atoms with Crippen molar-refractivity contribution in [3.63, 3.8) is 0 Å². The number of aromatic nitrogens is 1. The van der Waals surface area contributed by atoms with Gasteiger partial charge in [-0.2, -0.15) is 0 Å². The number of pyridine rings is 1. The van der Waals surface area contributed by atoms with Gasteiger partial charge in [-0.05, 0) is 24.3 Å². The molecule has 1 heterocycles. The van der Waals surface area contributed by atoms with Gasteiger partial charge < -0.3 is 4.74 Å². The van der Waals surface area contributed by atoms with Crippen LogP contribution in [-0.4, -0.2) is 16.7 Å². The van der Waals surface area contributed by atoms with Crippen LogP contribution in [0.15, 0.2) is 36.4 Å². The van der Waals surface area contributed by atoms with Crippen LogP contribution in [0.2, 0.25) is 0 Å². The standard InChI is InChI=1S/C15H11NO3/c1-9(17)19-15-11-8-10-4-2-3-5-12(10)16-13(11)6-7-14(15)18/h2-8,15H,1H3. The molecule has 0 radical (unpaired) electrons. The summed E-state index contributed by atoms with van der Waals surface area (Å²) < 4.78 is 5.10. The molecule has 2 aromatic rings. The molecule has 1 aromatic carbocycles. The van der Waals surface area contributed by atoms with Crippen LogP contribution in [0.3, 0.4) is 0 Å². The van der Waals surface area contributed by atoms with Crippen molar-refractivity contribution < 1.29 is 14.3 Å². The summed E-state index contributed by atoms with van der Waals surface area (Å²) in [5.41, 5.74) is 2.16. The number of rotatable bonds is 1. The van der Waals surface area contributed by atoms with Crippen LogP contribution in [0.5, 0.6) is 0 Å². The summed E-state index contributed by atoms with van der Waals surface area (Å²) in [6, 6.07) is 9.48. The van der Waals surface area contributed by atoms with Crippen molar-refractivity contribution in [2.24, 2.45) is 0 Å². The fourth-order valence-electron chi connectivity index (χ4n) is 2.18. The smallest absolute Gasteiger partial charge is 0.303 e. The van der Waals surface area contributed by atoms with E-state index < -0.39 is 12.1 Å². The Kier molecular flexibility index (Phi) is 2.63. The van der Waals surface area contributed by atoms with Crippen molar-refractivity contribution in [1.29, 1.82) is 0 Å². The minimum Gasteiger partial charge on any atom is -0.449 e. The molecule has 1 aliphatic rings. The molecule has 0 saturated heterocycles. The van der Waals surface area contributed by atoms with Crippen LogP contribution < -0.4 is 0 Å². The Morgan fingerprint density at radius 1 is 1.26 bits per heavy atom. The topological polar surface area (TPSA) is 56.3 Å². The maximum absolute atomic E-state index is 11.8. The molecule has 0 bridgehead atoms. The van der Waals surface area contributed by atoms with Crippen molar-refractivity contribution in [2.75, 3.05) is 0 Å². The third kappa shape index (κ3) is 2.01. The average molecular weight is 253 g/mol. The lowest BCUT2D eigenvalue weighted by atomic mass is 9.96. The fourth-order valence-corrected chi connectivity index (χ4v) is 2.18. The van der Waals surface area contributed by atoms with Crippen LogP contribution in [0.1, 0.15) is 24.3 Å². The fraction of sp³-hybridized carbons (Fsp3) is 0.133. The largest absolute Gasteiger partial charge is 0.449 e. The zero-order valence-electron chi connectivity index (χ0n) is 10.3. The van der Waals surface area contributed by atoms with Gasteiger partial charge in [0.05, 0.1) is 11.2 Å². The molecule has 0 spiro atoms. The summed E-state index contributed by atoms with van der Waals surface area (Å²) in [7, 11) is 0. The van der Waals surface area contributed by atoms with Crippen molar-refractivity contribution in [2.45, 2.75) is 13.0 Å². The van der Waals surface area contributed by atoms with Crippen molar-refractivity contribution in [3.8, 4) is 0 Å². The van der Waals surface area contributed by atoms with Gasteiger partial charge in [-0.15, -0.1) is 0 Å². The molecule has 0 amide bonds. The van der Waals surface area contributed by atoms with E-state index in [4.69, 9.17) is 4.74 Å². The molecular formula is C15H11NO3. The monoisotopic (exact) mass is 253 g/mol. The number of carbonyl (C=O) groups is 2. The lowest BCUT2D eigenvalue weighted by Gasteiger charge is -2.20. The minimum absolute atomic E-state index is 0.236. The highest BCUT2D eigenvalue weighted by Gasteiger charge is 2.28. The molecule has 1 aliphatic carbocycles. The second kappa shape index (κ2) is 4.31. The average Bonchev–Trinajstić information content (AvgIpc) is 2.40. The number of hydrogen-bond acceptors (Lipinski definition) is 4. The molecule has 1 unspecified atom stereocenters. The van der Waals surface area contributed by atoms with Gasteiger partial charge in [-0.25, -0.2) is 4.98 Å². The normalized spacial score (nSPS) is 17.3. The third-order valence-corrected chi connectivity index (χ3v) is 3.01. The first-order chi connectivity index (χ1) is 9.15. The van der Waals surface area contributed by atoms with E-state index >= 15 is 0 Å². The van der Waals surface area contributed by atoms with Gasteiger partial charge in [0.1, 0.15) is 0 Å². The van der Waals surface area contributed by atoms with Gasteiger partial charge in [-0.3, -0.25) is 9.59 Å². The summed E-state index contributed by atoms with van der Waals surface area (Å²) in [4.78, 5) is 27.4. The molecule has 0 N–H and O–H groups in total. The summed E-state index contributed by atoms with van der Waals surface area (Å²) in [6.07, 6.45) is 2.18. The Morgan fingerprint density at radius 3 is 2.84 bits per heavy atom. The molecule has 1 atom stereocenters. The molecule has 0 fully saturated rings. The number of para-hydroxylation sites is 1. The first-order valence-electron chi connectivity index (χ1n) is 5.94. The maximum Gasteiger partial charge on any atom is 0.303 e. The Bertz CT molecular complexity index is 718. The van der Waals surface area contributed by atoms with Crippen molar-refractivity contribution in [3.05, 3.63) is 47.7 Å². The summed E-state index contributed by atoms with van der Waals surface area (Å²) in [6.45, 7) is 1.29. The van der Waals surface area contributed by atoms with E-state index in [-0.39, 0.29) is 5.78 Å². The zero-order valence-corrected chi connectivity index (χ0v) is 10.3. The van der Waals surface area contributed by atoms with Gasteiger partial charge in [0, 0.05) is 17.9 Å². The summed E-state index contributed by atoms with van der Waals surface area (Å²) in [5.74, 6) is -0.715. The molecule has 0 saturated carbocycles. The predicted octanol–water partition coefficient (Wildman–Crippen LogP) is 2.43. The van der Waals surface area contributed by atoms with E-state index in [9.17, 15) is 9.59 Å². The first kappa shape index (κ1) is 11.6. The Morgan fingerprint density at radius 2 is 2.05 bits per heavy atom. The van der Waals surface area contributed by atoms with Crippen LogP contribution in [0, 0.1) is 0 Å². The van der Waals surface area contributed by atoms with Crippen LogP contribution in [-0.2, 0) is 14.3 Å². The number of benzene rings is 1. The van der Waals surface area contributed by atoms with Crippen molar-refractivity contribution >= 4 is 28.7 Å². The highest BCUT2D eigenvalue weighted by atomic mass is 16.5. The van der Waals surface area contributed by atoms with Crippen LogP contribution in [0.25, 0.3) is 17.0 Å². The number of carbonyl (C=O) groups excluding carboxylic acids is 2. The quantitative estimate of drug-likeness (QED) is 0.732.